The van der Waals surface area contributed by atoms with Crippen molar-refractivity contribution in [2.45, 2.75) is 64.3 Å². The van der Waals surface area contributed by atoms with E-state index in [0.29, 0.717) is 0 Å². The van der Waals surface area contributed by atoms with Gasteiger partial charge in [-0.15, -0.1) is 0 Å². The average Bonchev–Trinajstić information content (AvgIpc) is 3.01. The molecule has 1 aliphatic heterocycles. The summed E-state index contributed by atoms with van der Waals surface area (Å²) in [6, 6.07) is 0. The SMILES string of the molecule is C1CCC(CN2CCN(Cc3noc4c3CCCC4)CC2)CC1. The quantitative estimate of drug-likeness (QED) is 0.853. The third-order valence-electron chi connectivity index (χ3n) is 6.11. The van der Waals surface area contributed by atoms with Crippen molar-refractivity contribution in [1.29, 1.82) is 0 Å². The first-order valence-corrected chi connectivity index (χ1v) is 9.79. The number of nitrogens with zero attached hydrogens (tertiary/aromatic N) is 3. The van der Waals surface area contributed by atoms with Gasteiger partial charge in [0.2, 0.25) is 0 Å². The largest absolute Gasteiger partial charge is 0.361 e. The monoisotopic (exact) mass is 317 g/mol. The van der Waals surface area contributed by atoms with Gasteiger partial charge in [-0.05, 0) is 38.0 Å². The van der Waals surface area contributed by atoms with Gasteiger partial charge >= 0.3 is 0 Å². The van der Waals surface area contributed by atoms with Crippen LogP contribution in [0.4, 0.5) is 0 Å². The Kier molecular flexibility index (Phi) is 5.00. The molecule has 0 N–H and O–H groups in total. The summed E-state index contributed by atoms with van der Waals surface area (Å²) < 4.78 is 5.56. The number of aryl methyl sites for hydroxylation is 1. The second-order valence-corrected chi connectivity index (χ2v) is 7.82. The van der Waals surface area contributed by atoms with Crippen molar-refractivity contribution in [1.82, 2.24) is 15.0 Å². The lowest BCUT2D eigenvalue weighted by molar-refractivity contribution is 0.104. The second-order valence-electron chi connectivity index (χ2n) is 7.82. The third-order valence-corrected chi connectivity index (χ3v) is 6.11. The maximum absolute atomic E-state index is 5.56. The molecule has 1 aromatic rings. The molecule has 1 aromatic heterocycles. The molecule has 3 aliphatic rings. The molecule has 4 heteroatoms. The van der Waals surface area contributed by atoms with Crippen LogP contribution in [0, 0.1) is 5.92 Å². The Hall–Kier alpha value is -0.870. The van der Waals surface area contributed by atoms with Crippen LogP contribution in [0.5, 0.6) is 0 Å². The van der Waals surface area contributed by atoms with Crippen molar-refractivity contribution >= 4 is 0 Å². The van der Waals surface area contributed by atoms with Crippen LogP contribution in [0.3, 0.4) is 0 Å². The summed E-state index contributed by atoms with van der Waals surface area (Å²) in [5.74, 6) is 2.14. The highest BCUT2D eigenvalue weighted by atomic mass is 16.5. The van der Waals surface area contributed by atoms with Crippen molar-refractivity contribution in [3.8, 4) is 0 Å². The average molecular weight is 317 g/mol. The van der Waals surface area contributed by atoms with Gasteiger partial charge < -0.3 is 9.42 Å². The lowest BCUT2D eigenvalue weighted by Crippen LogP contribution is -2.47. The molecule has 0 radical (unpaired) electrons. The van der Waals surface area contributed by atoms with Gasteiger partial charge in [0, 0.05) is 51.3 Å². The van der Waals surface area contributed by atoms with E-state index in [-0.39, 0.29) is 0 Å². The Bertz CT molecular complexity index is 499. The van der Waals surface area contributed by atoms with E-state index in [2.05, 4.69) is 15.0 Å². The molecule has 0 amide bonds. The topological polar surface area (TPSA) is 32.5 Å². The number of fused-ring (bicyclic) bond motifs is 1. The van der Waals surface area contributed by atoms with E-state index in [0.717, 1.165) is 18.9 Å². The third kappa shape index (κ3) is 3.80. The highest BCUT2D eigenvalue weighted by molar-refractivity contribution is 5.25. The molecule has 0 spiro atoms. The Morgan fingerprint density at radius 2 is 1.61 bits per heavy atom. The first-order valence-electron chi connectivity index (χ1n) is 9.79. The molecule has 4 rings (SSSR count). The molecule has 1 saturated carbocycles. The van der Waals surface area contributed by atoms with Gasteiger partial charge in [0.15, 0.2) is 0 Å². The fourth-order valence-corrected chi connectivity index (χ4v) is 4.65. The van der Waals surface area contributed by atoms with Gasteiger partial charge in [-0.3, -0.25) is 4.90 Å². The minimum Gasteiger partial charge on any atom is -0.361 e. The zero-order valence-corrected chi connectivity index (χ0v) is 14.4. The maximum Gasteiger partial charge on any atom is 0.140 e. The van der Waals surface area contributed by atoms with Crippen LogP contribution in [-0.2, 0) is 19.4 Å². The molecule has 1 saturated heterocycles. The summed E-state index contributed by atoms with van der Waals surface area (Å²) in [6.45, 7) is 7.18. The van der Waals surface area contributed by atoms with E-state index in [1.165, 1.54) is 101 Å². The smallest absolute Gasteiger partial charge is 0.140 e. The molecule has 0 unspecified atom stereocenters. The standard InChI is InChI=1S/C19H31N3O/c1-2-6-16(7-3-1)14-21-10-12-22(13-11-21)15-18-17-8-4-5-9-19(17)23-20-18/h16H,1-15H2. The molecule has 0 bridgehead atoms. The zero-order chi connectivity index (χ0) is 15.5. The molecular formula is C19H31N3O. The Labute approximate surface area is 140 Å². The van der Waals surface area contributed by atoms with Gasteiger partial charge in [-0.1, -0.05) is 24.4 Å². The van der Waals surface area contributed by atoms with Gasteiger partial charge in [0.25, 0.3) is 0 Å². The highest BCUT2D eigenvalue weighted by Crippen LogP contribution is 2.26. The molecule has 128 valence electrons. The van der Waals surface area contributed by atoms with Crippen molar-refractivity contribution in [3.63, 3.8) is 0 Å². The van der Waals surface area contributed by atoms with E-state index in [9.17, 15) is 0 Å². The molecule has 2 heterocycles. The summed E-state index contributed by atoms with van der Waals surface area (Å²) in [7, 11) is 0. The summed E-state index contributed by atoms with van der Waals surface area (Å²) >= 11 is 0. The van der Waals surface area contributed by atoms with Crippen LogP contribution in [0.25, 0.3) is 0 Å². The van der Waals surface area contributed by atoms with Crippen LogP contribution in [0.1, 0.15) is 62.0 Å². The van der Waals surface area contributed by atoms with Crippen molar-refractivity contribution in [2.75, 3.05) is 32.7 Å². The van der Waals surface area contributed by atoms with Gasteiger partial charge in [-0.25, -0.2) is 0 Å². The van der Waals surface area contributed by atoms with Crippen molar-refractivity contribution in [3.05, 3.63) is 17.0 Å². The molecule has 2 fully saturated rings. The van der Waals surface area contributed by atoms with Crippen LogP contribution in [0.2, 0.25) is 0 Å². The summed E-state index contributed by atoms with van der Waals surface area (Å²) in [5, 5.41) is 4.37. The number of piperazine rings is 1. The minimum atomic E-state index is 0.970. The maximum atomic E-state index is 5.56. The lowest BCUT2D eigenvalue weighted by atomic mass is 9.89. The fourth-order valence-electron chi connectivity index (χ4n) is 4.65. The molecule has 2 aliphatic carbocycles. The predicted octanol–water partition coefficient (Wildman–Crippen LogP) is 3.25. The number of hydrogen-bond donors (Lipinski definition) is 0. The molecule has 23 heavy (non-hydrogen) atoms. The molecular weight excluding hydrogens is 286 g/mol. The number of hydrogen-bond acceptors (Lipinski definition) is 4. The fraction of sp³-hybridized carbons (Fsp3) is 0.842. The zero-order valence-electron chi connectivity index (χ0n) is 14.4. The second kappa shape index (κ2) is 7.35. The Balaban J connectivity index is 1.26. The molecule has 0 atom stereocenters. The summed E-state index contributed by atoms with van der Waals surface area (Å²) in [4.78, 5) is 5.27. The lowest BCUT2D eigenvalue weighted by Gasteiger charge is -2.37. The minimum absolute atomic E-state index is 0.970. The Morgan fingerprint density at radius 3 is 2.43 bits per heavy atom. The van der Waals surface area contributed by atoms with E-state index in [1.807, 2.05) is 0 Å². The van der Waals surface area contributed by atoms with Gasteiger partial charge in [0.05, 0.1) is 0 Å². The number of rotatable bonds is 4. The molecule has 0 aromatic carbocycles. The van der Waals surface area contributed by atoms with Gasteiger partial charge in [0.1, 0.15) is 11.5 Å². The van der Waals surface area contributed by atoms with Crippen molar-refractivity contribution in [2.24, 2.45) is 5.92 Å². The first kappa shape index (κ1) is 15.6. The Morgan fingerprint density at radius 1 is 0.870 bits per heavy atom. The van der Waals surface area contributed by atoms with Gasteiger partial charge in [-0.2, -0.15) is 0 Å². The number of aromatic nitrogens is 1. The van der Waals surface area contributed by atoms with Crippen LogP contribution >= 0.6 is 0 Å². The van der Waals surface area contributed by atoms with Crippen molar-refractivity contribution < 1.29 is 4.52 Å². The van der Waals surface area contributed by atoms with E-state index in [4.69, 9.17) is 4.52 Å². The normalized spacial score (nSPS) is 24.7. The highest BCUT2D eigenvalue weighted by Gasteiger charge is 2.24. The predicted molar refractivity (Wildman–Crippen MR) is 91.4 cm³/mol. The van der Waals surface area contributed by atoms with Crippen LogP contribution < -0.4 is 0 Å². The summed E-state index contributed by atoms with van der Waals surface area (Å²) in [5.41, 5.74) is 2.65. The van der Waals surface area contributed by atoms with Crippen LogP contribution in [0.15, 0.2) is 4.52 Å². The van der Waals surface area contributed by atoms with E-state index >= 15 is 0 Å². The molecule has 4 nitrogen and oxygen atoms in total. The van der Waals surface area contributed by atoms with E-state index in [1.54, 1.807) is 0 Å². The summed E-state index contributed by atoms with van der Waals surface area (Å²) in [6.07, 6.45) is 12.2. The first-order chi connectivity index (χ1) is 11.4. The van der Waals surface area contributed by atoms with E-state index < -0.39 is 0 Å². The van der Waals surface area contributed by atoms with Crippen LogP contribution in [-0.4, -0.2) is 47.7 Å².